The average molecular weight is 370 g/mol. The molecule has 5 heteroatoms. The molecule has 2 fully saturated rings. The monoisotopic (exact) mass is 370 g/mol. The molecule has 0 radical (unpaired) electrons. The third-order valence-corrected chi connectivity index (χ3v) is 6.17. The Kier molecular flexibility index (Phi) is 6.32. The number of rotatable bonds is 7. The molecule has 1 aromatic carbocycles. The maximum atomic E-state index is 12.8. The smallest absolute Gasteiger partial charge is 0.227 e. The topological polar surface area (TPSA) is 60.9 Å². The number of piperidine rings is 1. The van der Waals surface area contributed by atoms with E-state index in [1.165, 1.54) is 5.56 Å². The van der Waals surface area contributed by atoms with E-state index in [0.717, 1.165) is 25.7 Å². The van der Waals surface area contributed by atoms with Crippen LogP contribution in [0.5, 0.6) is 0 Å². The highest BCUT2D eigenvalue weighted by atomic mass is 16.3. The molecule has 0 saturated carbocycles. The Balaban J connectivity index is 1.53. The van der Waals surface area contributed by atoms with E-state index in [4.69, 9.17) is 0 Å². The Labute approximate surface area is 161 Å². The van der Waals surface area contributed by atoms with Crippen LogP contribution in [0.3, 0.4) is 0 Å². The summed E-state index contributed by atoms with van der Waals surface area (Å²) in [6.45, 7) is 6.18. The number of carbonyl (C=O) groups excluding carboxylic acids is 2. The lowest BCUT2D eigenvalue weighted by atomic mass is 9.74. The summed E-state index contributed by atoms with van der Waals surface area (Å²) in [5, 5.41) is 10.0. The number of hydrogen-bond donors (Lipinski definition) is 1. The molecule has 146 valence electrons. The van der Waals surface area contributed by atoms with Crippen LogP contribution in [0.1, 0.15) is 31.2 Å². The molecular formula is C22H30N2O3. The fraction of sp³-hybridized carbons (Fsp3) is 0.545. The largest absolute Gasteiger partial charge is 0.396 e. The van der Waals surface area contributed by atoms with Gasteiger partial charge in [0.05, 0.1) is 5.92 Å². The minimum atomic E-state index is -0.233. The first-order valence-electron chi connectivity index (χ1n) is 9.89. The van der Waals surface area contributed by atoms with Gasteiger partial charge in [-0.3, -0.25) is 9.59 Å². The molecule has 2 aliphatic heterocycles. The molecule has 2 aliphatic rings. The molecule has 3 rings (SSSR count). The fourth-order valence-electron chi connectivity index (χ4n) is 4.27. The van der Waals surface area contributed by atoms with E-state index in [9.17, 15) is 14.7 Å². The molecule has 0 unspecified atom stereocenters. The minimum Gasteiger partial charge on any atom is -0.396 e. The summed E-state index contributed by atoms with van der Waals surface area (Å²) < 4.78 is 0. The van der Waals surface area contributed by atoms with Crippen LogP contribution in [0, 0.1) is 11.3 Å². The lowest BCUT2D eigenvalue weighted by Crippen LogP contribution is -2.47. The standard InChI is InChI=1S/C22H30N2O3/c1-2-12-24-16-19(15-20(24)26)21(27)23-13-10-22(17-25,11-14-23)9-8-18-6-4-3-5-7-18/h2-7,19,25H,1,8-17H2/t19-/m0/s1. The van der Waals surface area contributed by atoms with E-state index in [0.29, 0.717) is 32.6 Å². The van der Waals surface area contributed by atoms with Crippen molar-refractivity contribution in [2.45, 2.75) is 32.1 Å². The van der Waals surface area contributed by atoms with Crippen molar-refractivity contribution in [3.05, 3.63) is 48.6 Å². The van der Waals surface area contributed by atoms with E-state index >= 15 is 0 Å². The maximum absolute atomic E-state index is 12.8. The van der Waals surface area contributed by atoms with Gasteiger partial charge in [-0.05, 0) is 36.7 Å². The SMILES string of the molecule is C=CCN1C[C@@H](C(=O)N2CCC(CO)(CCc3ccccc3)CC2)CC1=O. The number of benzene rings is 1. The molecule has 0 aliphatic carbocycles. The molecule has 1 aromatic rings. The molecule has 2 saturated heterocycles. The van der Waals surface area contributed by atoms with Gasteiger partial charge in [-0.2, -0.15) is 0 Å². The van der Waals surface area contributed by atoms with Gasteiger partial charge in [0.2, 0.25) is 11.8 Å². The number of aliphatic hydroxyl groups is 1. The molecule has 2 amide bonds. The molecule has 0 aromatic heterocycles. The van der Waals surface area contributed by atoms with Gasteiger partial charge >= 0.3 is 0 Å². The number of likely N-dealkylation sites (tertiary alicyclic amines) is 2. The van der Waals surface area contributed by atoms with Crippen molar-refractivity contribution < 1.29 is 14.7 Å². The molecule has 2 heterocycles. The molecule has 1 N–H and O–H groups in total. The second kappa shape index (κ2) is 8.70. The summed E-state index contributed by atoms with van der Waals surface area (Å²) in [6.07, 6.45) is 5.53. The average Bonchev–Trinajstić information content (AvgIpc) is 3.08. The van der Waals surface area contributed by atoms with Crippen molar-refractivity contribution in [3.63, 3.8) is 0 Å². The Morgan fingerprint density at radius 3 is 2.59 bits per heavy atom. The van der Waals surface area contributed by atoms with Crippen LogP contribution in [-0.4, -0.2) is 59.5 Å². The number of carbonyl (C=O) groups is 2. The van der Waals surface area contributed by atoms with Crippen LogP contribution in [0.4, 0.5) is 0 Å². The minimum absolute atomic E-state index is 0.0397. The predicted octanol–water partition coefficient (Wildman–Crippen LogP) is 2.25. The number of nitrogens with zero attached hydrogens (tertiary/aromatic N) is 2. The molecular weight excluding hydrogens is 340 g/mol. The van der Waals surface area contributed by atoms with Gasteiger partial charge < -0.3 is 14.9 Å². The van der Waals surface area contributed by atoms with Crippen molar-refractivity contribution in [1.29, 1.82) is 0 Å². The lowest BCUT2D eigenvalue weighted by molar-refractivity contribution is -0.138. The van der Waals surface area contributed by atoms with Crippen molar-refractivity contribution in [2.75, 3.05) is 32.8 Å². The first-order chi connectivity index (χ1) is 13.1. The van der Waals surface area contributed by atoms with Crippen LogP contribution in [-0.2, 0) is 16.0 Å². The zero-order chi connectivity index (χ0) is 19.3. The summed E-state index contributed by atoms with van der Waals surface area (Å²) in [4.78, 5) is 28.4. The number of aryl methyl sites for hydroxylation is 1. The number of aliphatic hydroxyl groups excluding tert-OH is 1. The number of amides is 2. The van der Waals surface area contributed by atoms with E-state index in [1.54, 1.807) is 11.0 Å². The summed E-state index contributed by atoms with van der Waals surface area (Å²) in [6, 6.07) is 10.3. The molecule has 5 nitrogen and oxygen atoms in total. The quantitative estimate of drug-likeness (QED) is 0.749. The maximum Gasteiger partial charge on any atom is 0.227 e. The van der Waals surface area contributed by atoms with Gasteiger partial charge in [-0.1, -0.05) is 36.4 Å². The summed E-state index contributed by atoms with van der Waals surface area (Å²) >= 11 is 0. The Morgan fingerprint density at radius 2 is 1.96 bits per heavy atom. The molecule has 0 bridgehead atoms. The summed E-state index contributed by atoms with van der Waals surface area (Å²) in [5.41, 5.74) is 1.18. The van der Waals surface area contributed by atoms with E-state index in [2.05, 4.69) is 18.7 Å². The van der Waals surface area contributed by atoms with Gasteiger partial charge in [0.1, 0.15) is 0 Å². The predicted molar refractivity (Wildman–Crippen MR) is 105 cm³/mol. The second-order valence-electron chi connectivity index (χ2n) is 7.96. The molecule has 1 atom stereocenters. The fourth-order valence-corrected chi connectivity index (χ4v) is 4.27. The van der Waals surface area contributed by atoms with Crippen LogP contribution in [0.25, 0.3) is 0 Å². The number of hydrogen-bond acceptors (Lipinski definition) is 3. The highest BCUT2D eigenvalue weighted by Gasteiger charge is 2.40. The van der Waals surface area contributed by atoms with Crippen molar-refractivity contribution >= 4 is 11.8 Å². The van der Waals surface area contributed by atoms with E-state index in [1.807, 2.05) is 23.1 Å². The van der Waals surface area contributed by atoms with Crippen molar-refractivity contribution in [2.24, 2.45) is 11.3 Å². The molecule has 0 spiro atoms. The van der Waals surface area contributed by atoms with Gasteiger partial charge in [0, 0.05) is 39.2 Å². The van der Waals surface area contributed by atoms with Crippen LogP contribution < -0.4 is 0 Å². The summed E-state index contributed by atoms with van der Waals surface area (Å²) in [7, 11) is 0. The van der Waals surface area contributed by atoms with Crippen molar-refractivity contribution in [3.8, 4) is 0 Å². The van der Waals surface area contributed by atoms with Crippen LogP contribution >= 0.6 is 0 Å². The Bertz CT molecular complexity index is 665. The zero-order valence-electron chi connectivity index (χ0n) is 16.0. The first-order valence-corrected chi connectivity index (χ1v) is 9.89. The van der Waals surface area contributed by atoms with E-state index < -0.39 is 0 Å². The normalized spacial score (nSPS) is 22.1. The zero-order valence-corrected chi connectivity index (χ0v) is 16.0. The van der Waals surface area contributed by atoms with Crippen LogP contribution in [0.15, 0.2) is 43.0 Å². The van der Waals surface area contributed by atoms with Crippen molar-refractivity contribution in [1.82, 2.24) is 9.80 Å². The van der Waals surface area contributed by atoms with Gasteiger partial charge in [-0.15, -0.1) is 6.58 Å². The van der Waals surface area contributed by atoms with Crippen LogP contribution in [0.2, 0.25) is 0 Å². The van der Waals surface area contributed by atoms with E-state index in [-0.39, 0.29) is 29.8 Å². The Morgan fingerprint density at radius 1 is 1.26 bits per heavy atom. The van der Waals surface area contributed by atoms with Gasteiger partial charge in [0.15, 0.2) is 0 Å². The summed E-state index contributed by atoms with van der Waals surface area (Å²) in [5.74, 6) is -0.106. The first kappa shape index (κ1) is 19.6. The highest BCUT2D eigenvalue weighted by Crippen LogP contribution is 2.36. The third-order valence-electron chi connectivity index (χ3n) is 6.17. The second-order valence-corrected chi connectivity index (χ2v) is 7.96. The lowest BCUT2D eigenvalue weighted by Gasteiger charge is -2.41. The van der Waals surface area contributed by atoms with Gasteiger partial charge in [0.25, 0.3) is 0 Å². The van der Waals surface area contributed by atoms with Gasteiger partial charge in [-0.25, -0.2) is 0 Å². The highest BCUT2D eigenvalue weighted by molar-refractivity contribution is 5.89. The molecule has 27 heavy (non-hydrogen) atoms. The third kappa shape index (κ3) is 4.59. The Hall–Kier alpha value is -2.14.